The number of aliphatic hydroxyl groups excluding tert-OH is 2. The SMILES string of the molecule is COc1ccc(C[C@@H](O)[C@@H](O)C(=O)c2ccccc2)cc1. The third kappa shape index (κ3) is 3.90. The summed E-state index contributed by atoms with van der Waals surface area (Å²) in [5.41, 5.74) is 1.21. The summed E-state index contributed by atoms with van der Waals surface area (Å²) in [7, 11) is 1.58. The Morgan fingerprint density at radius 3 is 2.24 bits per heavy atom. The van der Waals surface area contributed by atoms with Crippen molar-refractivity contribution >= 4 is 5.78 Å². The second kappa shape index (κ2) is 7.02. The van der Waals surface area contributed by atoms with Gasteiger partial charge in [0.2, 0.25) is 0 Å². The van der Waals surface area contributed by atoms with Crippen molar-refractivity contribution in [2.75, 3.05) is 7.11 Å². The second-order valence-electron chi connectivity index (χ2n) is 4.79. The number of Topliss-reactive ketones (excluding diaryl/α,β-unsaturated/α-hetero) is 1. The minimum absolute atomic E-state index is 0.198. The zero-order chi connectivity index (χ0) is 15.2. The molecule has 110 valence electrons. The van der Waals surface area contributed by atoms with Crippen molar-refractivity contribution < 1.29 is 19.7 Å². The Balaban J connectivity index is 2.01. The van der Waals surface area contributed by atoms with Crippen LogP contribution in [0.1, 0.15) is 15.9 Å². The van der Waals surface area contributed by atoms with Crippen molar-refractivity contribution in [1.29, 1.82) is 0 Å². The molecule has 21 heavy (non-hydrogen) atoms. The van der Waals surface area contributed by atoms with Crippen LogP contribution in [0.25, 0.3) is 0 Å². The molecule has 0 radical (unpaired) electrons. The van der Waals surface area contributed by atoms with E-state index in [4.69, 9.17) is 4.74 Å². The lowest BCUT2D eigenvalue weighted by atomic mass is 9.97. The van der Waals surface area contributed by atoms with Gasteiger partial charge in [0.05, 0.1) is 13.2 Å². The molecule has 0 spiro atoms. The number of carbonyl (C=O) groups is 1. The second-order valence-corrected chi connectivity index (χ2v) is 4.79. The highest BCUT2D eigenvalue weighted by atomic mass is 16.5. The standard InChI is InChI=1S/C17H18O4/c1-21-14-9-7-12(8-10-14)11-15(18)17(20)16(19)13-5-3-2-4-6-13/h2-10,15,17-18,20H,11H2,1H3/t15-,17-/m1/s1. The summed E-state index contributed by atoms with van der Waals surface area (Å²) in [6.07, 6.45) is -2.38. The van der Waals surface area contributed by atoms with Gasteiger partial charge in [0.25, 0.3) is 0 Å². The average molecular weight is 286 g/mol. The molecule has 2 rings (SSSR count). The Morgan fingerprint density at radius 2 is 1.67 bits per heavy atom. The Kier molecular flexibility index (Phi) is 5.09. The first-order valence-corrected chi connectivity index (χ1v) is 6.70. The van der Waals surface area contributed by atoms with Crippen LogP contribution in [-0.4, -0.2) is 35.3 Å². The highest BCUT2D eigenvalue weighted by Gasteiger charge is 2.25. The molecule has 0 aliphatic carbocycles. The first-order chi connectivity index (χ1) is 10.1. The molecule has 2 aromatic rings. The lowest BCUT2D eigenvalue weighted by Gasteiger charge is -2.17. The zero-order valence-electron chi connectivity index (χ0n) is 11.8. The van der Waals surface area contributed by atoms with Gasteiger partial charge in [-0.2, -0.15) is 0 Å². The summed E-state index contributed by atoms with van der Waals surface area (Å²) in [6, 6.07) is 15.6. The fourth-order valence-electron chi connectivity index (χ4n) is 2.06. The first kappa shape index (κ1) is 15.2. The molecular weight excluding hydrogens is 268 g/mol. The van der Waals surface area contributed by atoms with Gasteiger partial charge >= 0.3 is 0 Å². The molecule has 0 heterocycles. The molecule has 0 fully saturated rings. The van der Waals surface area contributed by atoms with Crippen molar-refractivity contribution in [3.63, 3.8) is 0 Å². The Labute approximate surface area is 123 Å². The van der Waals surface area contributed by atoms with E-state index in [2.05, 4.69) is 0 Å². The predicted octanol–water partition coefficient (Wildman–Crippen LogP) is 1.84. The number of hydrogen-bond acceptors (Lipinski definition) is 4. The van der Waals surface area contributed by atoms with Crippen LogP contribution in [0.15, 0.2) is 54.6 Å². The van der Waals surface area contributed by atoms with Crippen LogP contribution in [0, 0.1) is 0 Å². The van der Waals surface area contributed by atoms with Gasteiger partial charge < -0.3 is 14.9 Å². The summed E-state index contributed by atoms with van der Waals surface area (Å²) in [5, 5.41) is 20.0. The Hall–Kier alpha value is -2.17. The van der Waals surface area contributed by atoms with E-state index in [0.29, 0.717) is 11.3 Å². The predicted molar refractivity (Wildman–Crippen MR) is 79.5 cm³/mol. The maximum absolute atomic E-state index is 12.0. The van der Waals surface area contributed by atoms with E-state index >= 15 is 0 Å². The molecule has 2 N–H and O–H groups in total. The number of rotatable bonds is 6. The quantitative estimate of drug-likeness (QED) is 0.795. The van der Waals surface area contributed by atoms with Crippen LogP contribution in [0.5, 0.6) is 5.75 Å². The van der Waals surface area contributed by atoms with E-state index in [1.807, 2.05) is 0 Å². The van der Waals surface area contributed by atoms with E-state index in [-0.39, 0.29) is 6.42 Å². The van der Waals surface area contributed by atoms with Crippen LogP contribution in [-0.2, 0) is 6.42 Å². The van der Waals surface area contributed by atoms with Gasteiger partial charge in [0, 0.05) is 12.0 Å². The van der Waals surface area contributed by atoms with Crippen LogP contribution in [0.2, 0.25) is 0 Å². The maximum Gasteiger partial charge on any atom is 0.193 e. The van der Waals surface area contributed by atoms with E-state index in [1.165, 1.54) is 0 Å². The van der Waals surface area contributed by atoms with Gasteiger partial charge in [0.15, 0.2) is 5.78 Å². The van der Waals surface area contributed by atoms with Gasteiger partial charge in [-0.3, -0.25) is 4.79 Å². The molecule has 0 aromatic heterocycles. The molecule has 0 aliphatic heterocycles. The smallest absolute Gasteiger partial charge is 0.193 e. The van der Waals surface area contributed by atoms with Crippen LogP contribution < -0.4 is 4.74 Å². The highest BCUT2D eigenvalue weighted by Crippen LogP contribution is 2.15. The molecule has 4 nitrogen and oxygen atoms in total. The monoisotopic (exact) mass is 286 g/mol. The summed E-state index contributed by atoms with van der Waals surface area (Å²) in [5.74, 6) is 0.241. The number of ketones is 1. The molecule has 0 amide bonds. The van der Waals surface area contributed by atoms with Gasteiger partial charge in [0.1, 0.15) is 11.9 Å². The van der Waals surface area contributed by atoms with E-state index in [0.717, 1.165) is 5.56 Å². The molecule has 0 saturated carbocycles. The summed E-state index contributed by atoms with van der Waals surface area (Å²) in [6.45, 7) is 0. The van der Waals surface area contributed by atoms with Gasteiger partial charge in [-0.05, 0) is 17.7 Å². The van der Waals surface area contributed by atoms with E-state index in [1.54, 1.807) is 61.7 Å². The van der Waals surface area contributed by atoms with Crippen LogP contribution >= 0.6 is 0 Å². The largest absolute Gasteiger partial charge is 0.497 e. The van der Waals surface area contributed by atoms with Crippen molar-refractivity contribution in [3.05, 3.63) is 65.7 Å². The first-order valence-electron chi connectivity index (χ1n) is 6.70. The molecule has 2 aromatic carbocycles. The topological polar surface area (TPSA) is 66.8 Å². The Morgan fingerprint density at radius 1 is 1.05 bits per heavy atom. The fourth-order valence-corrected chi connectivity index (χ4v) is 2.06. The van der Waals surface area contributed by atoms with E-state index < -0.39 is 18.0 Å². The summed E-state index contributed by atoms with van der Waals surface area (Å²) < 4.78 is 5.05. The lowest BCUT2D eigenvalue weighted by Crippen LogP contribution is -2.35. The maximum atomic E-state index is 12.0. The fraction of sp³-hybridized carbons (Fsp3) is 0.235. The van der Waals surface area contributed by atoms with Crippen LogP contribution in [0.3, 0.4) is 0 Å². The van der Waals surface area contributed by atoms with E-state index in [9.17, 15) is 15.0 Å². The Bertz CT molecular complexity index is 577. The molecule has 2 atom stereocenters. The minimum Gasteiger partial charge on any atom is -0.497 e. The number of benzene rings is 2. The number of methoxy groups -OCH3 is 1. The minimum atomic E-state index is -1.44. The third-order valence-corrected chi connectivity index (χ3v) is 3.30. The summed E-state index contributed by atoms with van der Waals surface area (Å²) >= 11 is 0. The zero-order valence-corrected chi connectivity index (χ0v) is 11.8. The van der Waals surface area contributed by atoms with Crippen molar-refractivity contribution in [1.82, 2.24) is 0 Å². The normalized spacial score (nSPS) is 13.5. The van der Waals surface area contributed by atoms with Gasteiger partial charge in [-0.25, -0.2) is 0 Å². The molecular formula is C17H18O4. The van der Waals surface area contributed by atoms with Gasteiger partial charge in [-0.1, -0.05) is 42.5 Å². The molecule has 4 heteroatoms. The number of aliphatic hydroxyl groups is 2. The molecule has 0 aliphatic rings. The van der Waals surface area contributed by atoms with Crippen LogP contribution in [0.4, 0.5) is 0 Å². The number of carbonyl (C=O) groups excluding carboxylic acids is 1. The van der Waals surface area contributed by atoms with Gasteiger partial charge in [-0.15, -0.1) is 0 Å². The van der Waals surface area contributed by atoms with Crippen molar-refractivity contribution in [3.8, 4) is 5.75 Å². The molecule has 0 bridgehead atoms. The lowest BCUT2D eigenvalue weighted by molar-refractivity contribution is 0.0216. The number of hydrogen-bond donors (Lipinski definition) is 2. The van der Waals surface area contributed by atoms with Crippen molar-refractivity contribution in [2.24, 2.45) is 0 Å². The van der Waals surface area contributed by atoms with Crippen molar-refractivity contribution in [2.45, 2.75) is 18.6 Å². The molecule has 0 saturated heterocycles. The average Bonchev–Trinajstić information content (AvgIpc) is 2.55. The third-order valence-electron chi connectivity index (χ3n) is 3.30. The summed E-state index contributed by atoms with van der Waals surface area (Å²) in [4.78, 5) is 12.0. The highest BCUT2D eigenvalue weighted by molar-refractivity contribution is 5.99. The number of ether oxygens (including phenoxy) is 1. The molecule has 0 unspecified atom stereocenters.